The molecule has 2 rings (SSSR count). The molecule has 0 aromatic carbocycles. The average Bonchev–Trinajstić information content (AvgIpc) is 2.85. The van der Waals surface area contributed by atoms with Crippen molar-refractivity contribution in [2.45, 2.75) is 44.7 Å². The van der Waals surface area contributed by atoms with Gasteiger partial charge in [0.25, 0.3) is 0 Å². The summed E-state index contributed by atoms with van der Waals surface area (Å²) in [7, 11) is 0. The van der Waals surface area contributed by atoms with Crippen LogP contribution in [0.25, 0.3) is 0 Å². The number of rotatable bonds is 6. The number of piperidine rings is 1. The minimum Gasteiger partial charge on any atom is -0.368 e. The Kier molecular flexibility index (Phi) is 3.82. The van der Waals surface area contributed by atoms with Gasteiger partial charge in [0, 0.05) is 19.1 Å². The largest absolute Gasteiger partial charge is 0.368 e. The van der Waals surface area contributed by atoms with E-state index in [0.29, 0.717) is 0 Å². The number of likely N-dealkylation sites (tertiary alicyclic amines) is 1. The van der Waals surface area contributed by atoms with Crippen molar-refractivity contribution < 1.29 is 4.79 Å². The normalized spacial score (nSPS) is 30.8. The summed E-state index contributed by atoms with van der Waals surface area (Å²) in [5.74, 6) is 0.668. The van der Waals surface area contributed by atoms with Crippen molar-refractivity contribution in [2.24, 2.45) is 11.7 Å². The van der Waals surface area contributed by atoms with E-state index in [1.54, 1.807) is 0 Å². The first-order valence-corrected chi connectivity index (χ1v) is 6.47. The van der Waals surface area contributed by atoms with E-state index in [1.807, 2.05) is 0 Å². The SMILES string of the molecule is CCCNC(CN1CC2CCC1C2)C(N)=O. The molecule has 4 heteroatoms. The number of carbonyl (C=O) groups excluding carboxylic acids is 1. The van der Waals surface area contributed by atoms with Gasteiger partial charge in [-0.05, 0) is 38.1 Å². The van der Waals surface area contributed by atoms with Gasteiger partial charge in [-0.15, -0.1) is 0 Å². The van der Waals surface area contributed by atoms with Crippen molar-refractivity contribution in [3.63, 3.8) is 0 Å². The number of nitrogens with zero attached hydrogens (tertiary/aromatic N) is 1. The second-order valence-corrected chi connectivity index (χ2v) is 5.20. The third-order valence-corrected chi connectivity index (χ3v) is 3.92. The molecular weight excluding hydrogens is 202 g/mol. The molecule has 1 saturated heterocycles. The summed E-state index contributed by atoms with van der Waals surface area (Å²) in [6.45, 7) is 4.94. The third kappa shape index (κ3) is 2.55. The summed E-state index contributed by atoms with van der Waals surface area (Å²) in [4.78, 5) is 13.8. The molecule has 0 spiro atoms. The van der Waals surface area contributed by atoms with E-state index in [9.17, 15) is 4.79 Å². The summed E-state index contributed by atoms with van der Waals surface area (Å²) in [6.07, 6.45) is 5.06. The Hall–Kier alpha value is -0.610. The number of fused-ring (bicyclic) bond motifs is 2. The van der Waals surface area contributed by atoms with Gasteiger partial charge in [0.15, 0.2) is 0 Å². The van der Waals surface area contributed by atoms with Crippen molar-refractivity contribution in [2.75, 3.05) is 19.6 Å². The lowest BCUT2D eigenvalue weighted by atomic mass is 10.1. The third-order valence-electron chi connectivity index (χ3n) is 3.92. The zero-order valence-corrected chi connectivity index (χ0v) is 10.1. The molecule has 3 unspecified atom stereocenters. The molecule has 2 fully saturated rings. The van der Waals surface area contributed by atoms with Gasteiger partial charge in [-0.1, -0.05) is 6.92 Å². The van der Waals surface area contributed by atoms with Crippen LogP contribution in [0.3, 0.4) is 0 Å². The summed E-state index contributed by atoms with van der Waals surface area (Å²) in [5.41, 5.74) is 5.43. The van der Waals surface area contributed by atoms with Gasteiger partial charge in [-0.25, -0.2) is 0 Å². The Morgan fingerprint density at radius 1 is 1.56 bits per heavy atom. The van der Waals surface area contributed by atoms with E-state index >= 15 is 0 Å². The Balaban J connectivity index is 1.83. The van der Waals surface area contributed by atoms with Crippen LogP contribution in [-0.4, -0.2) is 42.5 Å². The molecule has 1 aliphatic heterocycles. The van der Waals surface area contributed by atoms with E-state index in [2.05, 4.69) is 17.1 Å². The first kappa shape index (κ1) is 11.9. The molecule has 3 atom stereocenters. The van der Waals surface area contributed by atoms with Crippen LogP contribution < -0.4 is 11.1 Å². The van der Waals surface area contributed by atoms with Crippen LogP contribution in [0.4, 0.5) is 0 Å². The van der Waals surface area contributed by atoms with Crippen molar-refractivity contribution in [1.82, 2.24) is 10.2 Å². The molecule has 2 aliphatic rings. The fourth-order valence-corrected chi connectivity index (χ4v) is 3.06. The number of hydrogen-bond donors (Lipinski definition) is 2. The first-order valence-electron chi connectivity index (χ1n) is 6.47. The van der Waals surface area contributed by atoms with Crippen molar-refractivity contribution in [3.05, 3.63) is 0 Å². The molecule has 0 aromatic rings. The summed E-state index contributed by atoms with van der Waals surface area (Å²) in [5, 5.41) is 3.24. The zero-order valence-electron chi connectivity index (χ0n) is 10.1. The molecule has 3 N–H and O–H groups in total. The molecule has 0 radical (unpaired) electrons. The van der Waals surface area contributed by atoms with Gasteiger partial charge >= 0.3 is 0 Å². The predicted molar refractivity (Wildman–Crippen MR) is 64.0 cm³/mol. The molecule has 92 valence electrons. The molecule has 1 aliphatic carbocycles. The lowest BCUT2D eigenvalue weighted by Gasteiger charge is -2.29. The highest BCUT2D eigenvalue weighted by Crippen LogP contribution is 2.37. The van der Waals surface area contributed by atoms with Crippen LogP contribution >= 0.6 is 0 Å². The fraction of sp³-hybridized carbons (Fsp3) is 0.917. The molecule has 1 saturated carbocycles. The van der Waals surface area contributed by atoms with Gasteiger partial charge in [0.2, 0.25) is 5.91 Å². The number of carbonyl (C=O) groups is 1. The number of amides is 1. The maximum atomic E-state index is 11.3. The maximum absolute atomic E-state index is 11.3. The van der Waals surface area contributed by atoms with Crippen LogP contribution in [0.2, 0.25) is 0 Å². The van der Waals surface area contributed by atoms with Crippen LogP contribution in [-0.2, 0) is 4.79 Å². The van der Waals surface area contributed by atoms with Gasteiger partial charge in [0.1, 0.15) is 0 Å². The van der Waals surface area contributed by atoms with E-state index in [0.717, 1.165) is 31.5 Å². The highest BCUT2D eigenvalue weighted by atomic mass is 16.1. The van der Waals surface area contributed by atoms with Gasteiger partial charge in [-0.2, -0.15) is 0 Å². The number of hydrogen-bond acceptors (Lipinski definition) is 3. The molecule has 16 heavy (non-hydrogen) atoms. The summed E-state index contributed by atoms with van der Waals surface area (Å²) >= 11 is 0. The minimum atomic E-state index is -0.212. The highest BCUT2D eigenvalue weighted by Gasteiger charge is 2.38. The van der Waals surface area contributed by atoms with Crippen LogP contribution in [0.5, 0.6) is 0 Å². The van der Waals surface area contributed by atoms with Crippen molar-refractivity contribution in [1.29, 1.82) is 0 Å². The number of nitrogens with one attached hydrogen (secondary N) is 1. The Labute approximate surface area is 97.6 Å². The quantitative estimate of drug-likeness (QED) is 0.684. The van der Waals surface area contributed by atoms with E-state index < -0.39 is 0 Å². The highest BCUT2D eigenvalue weighted by molar-refractivity contribution is 5.80. The fourth-order valence-electron chi connectivity index (χ4n) is 3.06. The van der Waals surface area contributed by atoms with Crippen LogP contribution in [0, 0.1) is 5.92 Å². The summed E-state index contributed by atoms with van der Waals surface area (Å²) < 4.78 is 0. The topological polar surface area (TPSA) is 58.4 Å². The maximum Gasteiger partial charge on any atom is 0.235 e. The minimum absolute atomic E-state index is 0.167. The van der Waals surface area contributed by atoms with E-state index in [4.69, 9.17) is 5.73 Å². The second-order valence-electron chi connectivity index (χ2n) is 5.20. The Bertz CT molecular complexity index is 257. The number of nitrogens with two attached hydrogens (primary N) is 1. The predicted octanol–water partition coefficient (Wildman–Crippen LogP) is 0.324. The monoisotopic (exact) mass is 225 g/mol. The van der Waals surface area contributed by atoms with Crippen molar-refractivity contribution >= 4 is 5.91 Å². The average molecular weight is 225 g/mol. The molecule has 0 aromatic heterocycles. The van der Waals surface area contributed by atoms with Gasteiger partial charge in [-0.3, -0.25) is 9.69 Å². The van der Waals surface area contributed by atoms with Crippen LogP contribution in [0.15, 0.2) is 0 Å². The smallest absolute Gasteiger partial charge is 0.235 e. The van der Waals surface area contributed by atoms with E-state index in [1.165, 1.54) is 25.8 Å². The van der Waals surface area contributed by atoms with Crippen molar-refractivity contribution in [3.8, 4) is 0 Å². The molecule has 4 nitrogen and oxygen atoms in total. The standard InChI is InChI=1S/C12H23N3O/c1-2-5-14-11(12(13)16)8-15-7-9-3-4-10(15)6-9/h9-11,14H,2-8H2,1H3,(H2,13,16). The Morgan fingerprint density at radius 3 is 2.88 bits per heavy atom. The van der Waals surface area contributed by atoms with Gasteiger partial charge in [0.05, 0.1) is 6.04 Å². The van der Waals surface area contributed by atoms with Gasteiger partial charge < -0.3 is 11.1 Å². The first-order chi connectivity index (χ1) is 7.70. The molecule has 2 bridgehead atoms. The lowest BCUT2D eigenvalue weighted by Crippen LogP contribution is -2.50. The lowest BCUT2D eigenvalue weighted by molar-refractivity contribution is -0.120. The molecule has 1 amide bonds. The molecule has 1 heterocycles. The summed E-state index contributed by atoms with van der Waals surface area (Å²) in [6, 6.07) is 0.551. The number of primary amides is 1. The Morgan fingerprint density at radius 2 is 2.38 bits per heavy atom. The van der Waals surface area contributed by atoms with Crippen LogP contribution in [0.1, 0.15) is 32.6 Å². The second kappa shape index (κ2) is 5.15. The van der Waals surface area contributed by atoms with E-state index in [-0.39, 0.29) is 11.9 Å². The molecular formula is C12H23N3O. The zero-order chi connectivity index (χ0) is 11.5.